The normalized spacial score (nSPS) is 11.4. The largest absolute Gasteiger partial charge is 0.478 e. The van der Waals surface area contributed by atoms with Crippen LogP contribution in [-0.4, -0.2) is 34.0 Å². The lowest BCUT2D eigenvalue weighted by Crippen LogP contribution is -2.14. The molecule has 0 amide bonds. The Hall–Kier alpha value is -1.86. The number of aryl methyl sites for hydroxylation is 1. The summed E-state index contributed by atoms with van der Waals surface area (Å²) in [5.74, 6) is -1.05. The van der Waals surface area contributed by atoms with Crippen LogP contribution in [0.4, 0.5) is 19.0 Å². The zero-order valence-corrected chi connectivity index (χ0v) is 11.2. The number of carboxylic acid groups (broad SMARTS) is 1. The van der Waals surface area contributed by atoms with Crippen LogP contribution in [0, 0.1) is 13.8 Å². The van der Waals surface area contributed by atoms with Gasteiger partial charge in [0.2, 0.25) is 0 Å². The van der Waals surface area contributed by atoms with Crippen LogP contribution in [0.3, 0.4) is 0 Å². The Kier molecular flexibility index (Phi) is 5.29. The van der Waals surface area contributed by atoms with E-state index >= 15 is 0 Å². The number of anilines is 1. The van der Waals surface area contributed by atoms with Crippen LogP contribution in [0.15, 0.2) is 0 Å². The van der Waals surface area contributed by atoms with E-state index in [2.05, 4.69) is 15.5 Å². The molecule has 0 spiro atoms. The lowest BCUT2D eigenvalue weighted by molar-refractivity contribution is -0.135. The Morgan fingerprint density at radius 3 is 2.45 bits per heavy atom. The molecule has 1 aromatic rings. The molecule has 0 radical (unpaired) electrons. The predicted molar refractivity (Wildman–Crippen MR) is 66.9 cm³/mol. The summed E-state index contributed by atoms with van der Waals surface area (Å²) in [6.07, 6.45) is -4.75. The first-order valence-corrected chi connectivity index (χ1v) is 6.10. The highest BCUT2D eigenvalue weighted by molar-refractivity contribution is 5.94. The minimum Gasteiger partial charge on any atom is -0.478 e. The van der Waals surface area contributed by atoms with Crippen molar-refractivity contribution >= 4 is 11.8 Å². The Morgan fingerprint density at radius 1 is 1.25 bits per heavy atom. The van der Waals surface area contributed by atoms with Crippen LogP contribution in [0.1, 0.15) is 40.9 Å². The molecule has 0 saturated carbocycles. The molecule has 5 nitrogen and oxygen atoms in total. The first kappa shape index (κ1) is 16.2. The van der Waals surface area contributed by atoms with Crippen molar-refractivity contribution in [3.63, 3.8) is 0 Å². The van der Waals surface area contributed by atoms with Gasteiger partial charge in [0.25, 0.3) is 0 Å². The quantitative estimate of drug-likeness (QED) is 0.788. The van der Waals surface area contributed by atoms with Gasteiger partial charge in [-0.1, -0.05) is 0 Å². The van der Waals surface area contributed by atoms with E-state index in [1.54, 1.807) is 13.8 Å². The SMILES string of the molecule is Cc1nnc(NCCCCC(F)(F)F)c(C(=O)O)c1C. The predicted octanol–water partition coefficient (Wildman–Crippen LogP) is 2.94. The first-order valence-electron chi connectivity index (χ1n) is 6.10. The van der Waals surface area contributed by atoms with E-state index in [1.807, 2.05) is 0 Å². The van der Waals surface area contributed by atoms with Gasteiger partial charge in [-0.25, -0.2) is 4.79 Å². The number of halogens is 3. The van der Waals surface area contributed by atoms with Crippen LogP contribution >= 0.6 is 0 Å². The van der Waals surface area contributed by atoms with Crippen LogP contribution in [0.5, 0.6) is 0 Å². The number of hydrogen-bond donors (Lipinski definition) is 2. The van der Waals surface area contributed by atoms with Gasteiger partial charge in [0.1, 0.15) is 5.56 Å². The molecule has 0 atom stereocenters. The van der Waals surface area contributed by atoms with E-state index in [1.165, 1.54) is 0 Å². The summed E-state index contributed by atoms with van der Waals surface area (Å²) in [6.45, 7) is 3.47. The number of alkyl halides is 3. The molecular weight excluding hydrogens is 275 g/mol. The van der Waals surface area contributed by atoms with E-state index in [-0.39, 0.29) is 30.8 Å². The third-order valence-electron chi connectivity index (χ3n) is 2.85. The summed E-state index contributed by atoms with van der Waals surface area (Å²) >= 11 is 0. The smallest absolute Gasteiger partial charge is 0.389 e. The van der Waals surface area contributed by atoms with Crippen LogP contribution in [0.2, 0.25) is 0 Å². The van der Waals surface area contributed by atoms with Crippen molar-refractivity contribution in [2.24, 2.45) is 0 Å². The number of nitrogens with one attached hydrogen (secondary N) is 1. The van der Waals surface area contributed by atoms with E-state index in [9.17, 15) is 18.0 Å². The summed E-state index contributed by atoms with van der Waals surface area (Å²) in [5, 5.41) is 19.4. The monoisotopic (exact) mass is 291 g/mol. The molecule has 0 bridgehead atoms. The minimum atomic E-state index is -4.16. The Bertz CT molecular complexity index is 490. The Morgan fingerprint density at radius 2 is 1.90 bits per heavy atom. The number of aromatic nitrogens is 2. The maximum Gasteiger partial charge on any atom is 0.389 e. The van der Waals surface area contributed by atoms with Gasteiger partial charge in [-0.3, -0.25) is 0 Å². The van der Waals surface area contributed by atoms with Gasteiger partial charge >= 0.3 is 12.1 Å². The van der Waals surface area contributed by atoms with Crippen molar-refractivity contribution in [1.29, 1.82) is 0 Å². The van der Waals surface area contributed by atoms with Gasteiger partial charge < -0.3 is 10.4 Å². The summed E-state index contributed by atoms with van der Waals surface area (Å²) < 4.78 is 35.9. The fourth-order valence-corrected chi connectivity index (χ4v) is 1.65. The molecule has 0 aliphatic rings. The zero-order valence-electron chi connectivity index (χ0n) is 11.2. The standard InChI is InChI=1S/C12H16F3N3O2/c1-7-8(2)17-18-10(9(7)11(19)20)16-6-4-3-5-12(13,14)15/h3-6H2,1-2H3,(H,16,18)(H,19,20). The van der Waals surface area contributed by atoms with Crippen LogP contribution in [-0.2, 0) is 0 Å². The first-order chi connectivity index (χ1) is 9.22. The van der Waals surface area contributed by atoms with Crippen molar-refractivity contribution < 1.29 is 23.1 Å². The number of carbonyl (C=O) groups is 1. The Labute approximate surface area is 114 Å². The zero-order chi connectivity index (χ0) is 15.3. The summed E-state index contributed by atoms with van der Waals surface area (Å²) in [7, 11) is 0. The lowest BCUT2D eigenvalue weighted by Gasteiger charge is -2.11. The number of unbranched alkanes of at least 4 members (excludes halogenated alkanes) is 1. The highest BCUT2D eigenvalue weighted by Crippen LogP contribution is 2.22. The molecule has 0 saturated heterocycles. The van der Waals surface area contributed by atoms with Gasteiger partial charge in [-0.15, -0.1) is 5.10 Å². The molecule has 20 heavy (non-hydrogen) atoms. The van der Waals surface area contributed by atoms with E-state index < -0.39 is 18.6 Å². The van der Waals surface area contributed by atoms with Crippen molar-refractivity contribution in [1.82, 2.24) is 10.2 Å². The number of nitrogens with zero attached hydrogens (tertiary/aromatic N) is 2. The van der Waals surface area contributed by atoms with Crippen molar-refractivity contribution in [3.8, 4) is 0 Å². The van der Waals surface area contributed by atoms with Crippen LogP contribution in [0.25, 0.3) is 0 Å². The molecule has 1 heterocycles. The second-order valence-electron chi connectivity index (χ2n) is 4.44. The molecular formula is C12H16F3N3O2. The molecule has 0 aliphatic carbocycles. The van der Waals surface area contributed by atoms with E-state index in [0.717, 1.165) is 0 Å². The lowest BCUT2D eigenvalue weighted by atomic mass is 10.1. The third kappa shape index (κ3) is 4.67. The van der Waals surface area contributed by atoms with Gasteiger partial charge in [0.15, 0.2) is 5.82 Å². The molecule has 0 fully saturated rings. The topological polar surface area (TPSA) is 75.1 Å². The molecule has 0 aromatic carbocycles. The van der Waals surface area contributed by atoms with E-state index in [4.69, 9.17) is 5.11 Å². The van der Waals surface area contributed by atoms with Gasteiger partial charge in [-0.2, -0.15) is 18.3 Å². The van der Waals surface area contributed by atoms with Crippen molar-refractivity contribution in [3.05, 3.63) is 16.8 Å². The second kappa shape index (κ2) is 6.53. The van der Waals surface area contributed by atoms with Gasteiger partial charge in [0, 0.05) is 13.0 Å². The molecule has 1 rings (SSSR count). The van der Waals surface area contributed by atoms with E-state index in [0.29, 0.717) is 11.3 Å². The number of carboxylic acids is 1. The summed E-state index contributed by atoms with van der Waals surface area (Å²) in [5.41, 5.74) is 1.00. The van der Waals surface area contributed by atoms with Gasteiger partial charge in [-0.05, 0) is 32.3 Å². The molecule has 1 aromatic heterocycles. The Balaban J connectivity index is 2.61. The fraction of sp³-hybridized carbons (Fsp3) is 0.583. The van der Waals surface area contributed by atoms with Crippen molar-refractivity contribution in [2.45, 2.75) is 39.3 Å². The second-order valence-corrected chi connectivity index (χ2v) is 4.44. The molecule has 2 N–H and O–H groups in total. The van der Waals surface area contributed by atoms with Crippen molar-refractivity contribution in [2.75, 3.05) is 11.9 Å². The highest BCUT2D eigenvalue weighted by Gasteiger charge is 2.25. The third-order valence-corrected chi connectivity index (χ3v) is 2.85. The molecule has 8 heteroatoms. The average Bonchev–Trinajstić information content (AvgIpc) is 2.31. The summed E-state index contributed by atoms with van der Waals surface area (Å²) in [4.78, 5) is 11.2. The summed E-state index contributed by atoms with van der Waals surface area (Å²) in [6, 6.07) is 0. The number of hydrogen-bond acceptors (Lipinski definition) is 4. The average molecular weight is 291 g/mol. The highest BCUT2D eigenvalue weighted by atomic mass is 19.4. The molecule has 112 valence electrons. The molecule has 0 unspecified atom stereocenters. The van der Waals surface area contributed by atoms with Gasteiger partial charge in [0.05, 0.1) is 5.69 Å². The minimum absolute atomic E-state index is 0.00770. The number of rotatable bonds is 6. The van der Waals surface area contributed by atoms with Crippen LogP contribution < -0.4 is 5.32 Å². The maximum absolute atomic E-state index is 12.0. The maximum atomic E-state index is 12.0. The molecule has 0 aliphatic heterocycles. The fourth-order valence-electron chi connectivity index (χ4n) is 1.65. The number of aromatic carboxylic acids is 1.